The van der Waals surface area contributed by atoms with Crippen molar-refractivity contribution < 1.29 is 9.59 Å². The number of hydrogen-bond acceptors (Lipinski definition) is 5. The molecule has 1 atom stereocenters. The van der Waals surface area contributed by atoms with E-state index in [2.05, 4.69) is 4.98 Å². The van der Waals surface area contributed by atoms with Crippen molar-refractivity contribution in [2.75, 3.05) is 18.8 Å². The lowest BCUT2D eigenvalue weighted by atomic mass is 9.97. The van der Waals surface area contributed by atoms with Crippen molar-refractivity contribution in [2.24, 2.45) is 11.7 Å². The third-order valence-corrected chi connectivity index (χ3v) is 6.02. The van der Waals surface area contributed by atoms with E-state index in [0.29, 0.717) is 40.6 Å². The van der Waals surface area contributed by atoms with E-state index in [-0.39, 0.29) is 35.1 Å². The minimum atomic E-state index is -0.369. The van der Waals surface area contributed by atoms with Crippen LogP contribution in [0.1, 0.15) is 32.7 Å². The average molecular weight is 423 g/mol. The van der Waals surface area contributed by atoms with Crippen LogP contribution >= 0.6 is 23.4 Å². The van der Waals surface area contributed by atoms with Crippen LogP contribution in [0.25, 0.3) is 10.9 Å². The molecule has 7 nitrogen and oxygen atoms in total. The molecule has 0 saturated carbocycles. The Morgan fingerprint density at radius 1 is 1.39 bits per heavy atom. The van der Waals surface area contributed by atoms with Gasteiger partial charge in [-0.2, -0.15) is 0 Å². The number of likely N-dealkylation sites (tertiary alicyclic amines) is 1. The fraction of sp³-hybridized carbons (Fsp3) is 0.474. The molecule has 0 radical (unpaired) electrons. The van der Waals surface area contributed by atoms with Crippen molar-refractivity contribution in [1.82, 2.24) is 14.5 Å². The van der Waals surface area contributed by atoms with Crippen molar-refractivity contribution in [1.29, 1.82) is 0 Å². The zero-order valence-electron chi connectivity index (χ0n) is 15.9. The molecule has 28 heavy (non-hydrogen) atoms. The molecule has 1 aliphatic heterocycles. The number of nitrogens with zero attached hydrogens (tertiary/aromatic N) is 3. The summed E-state index contributed by atoms with van der Waals surface area (Å²) in [5.41, 5.74) is 5.74. The van der Waals surface area contributed by atoms with Gasteiger partial charge in [-0.25, -0.2) is 4.98 Å². The normalized spacial score (nSPS) is 17.3. The number of hydrogen-bond donors (Lipinski definition) is 1. The Morgan fingerprint density at radius 2 is 2.14 bits per heavy atom. The maximum atomic E-state index is 12.9. The number of nitrogens with two attached hydrogens (primary N) is 1. The minimum Gasteiger partial charge on any atom is -0.369 e. The van der Waals surface area contributed by atoms with Crippen molar-refractivity contribution in [3.8, 4) is 0 Å². The number of amides is 2. The van der Waals surface area contributed by atoms with Crippen LogP contribution in [0.4, 0.5) is 0 Å². The highest BCUT2D eigenvalue weighted by atomic mass is 35.5. The summed E-state index contributed by atoms with van der Waals surface area (Å²) in [6.07, 6.45) is 1.47. The minimum absolute atomic E-state index is 0.0910. The summed E-state index contributed by atoms with van der Waals surface area (Å²) in [5.74, 6) is -0.618. The monoisotopic (exact) mass is 422 g/mol. The van der Waals surface area contributed by atoms with E-state index in [0.717, 1.165) is 6.42 Å². The molecule has 2 heterocycles. The average Bonchev–Trinajstić information content (AvgIpc) is 2.65. The van der Waals surface area contributed by atoms with E-state index in [9.17, 15) is 14.4 Å². The van der Waals surface area contributed by atoms with Gasteiger partial charge < -0.3 is 10.6 Å². The van der Waals surface area contributed by atoms with E-state index < -0.39 is 0 Å². The Morgan fingerprint density at radius 3 is 2.82 bits per heavy atom. The van der Waals surface area contributed by atoms with E-state index in [1.165, 1.54) is 11.8 Å². The molecular formula is C19H23ClN4O3S. The molecule has 150 valence electrons. The van der Waals surface area contributed by atoms with Gasteiger partial charge in [-0.1, -0.05) is 23.4 Å². The predicted molar refractivity (Wildman–Crippen MR) is 111 cm³/mol. The first kappa shape index (κ1) is 20.7. The highest BCUT2D eigenvalue weighted by Crippen LogP contribution is 2.24. The van der Waals surface area contributed by atoms with Gasteiger partial charge in [0.15, 0.2) is 5.16 Å². The third kappa shape index (κ3) is 4.33. The standard InChI is InChI=1S/C19H23ClN4O3S/c1-11(2)24-18(27)14-6-5-13(20)8-15(14)22-19(24)28-10-16(25)23-7-3-4-12(9-23)17(21)26/h5-6,8,11-12H,3-4,7,9-10H2,1-2H3,(H2,21,26)/t12-/m1/s1. The van der Waals surface area contributed by atoms with Crippen molar-refractivity contribution in [3.63, 3.8) is 0 Å². The number of thioether (sulfide) groups is 1. The molecule has 1 aromatic carbocycles. The maximum Gasteiger partial charge on any atom is 0.262 e. The van der Waals surface area contributed by atoms with Crippen LogP contribution in [-0.4, -0.2) is 45.1 Å². The summed E-state index contributed by atoms with van der Waals surface area (Å²) < 4.78 is 1.59. The van der Waals surface area contributed by atoms with Crippen LogP contribution in [0, 0.1) is 5.92 Å². The lowest BCUT2D eigenvalue weighted by Crippen LogP contribution is -2.44. The van der Waals surface area contributed by atoms with Gasteiger partial charge in [0.25, 0.3) is 5.56 Å². The molecule has 0 unspecified atom stereocenters. The van der Waals surface area contributed by atoms with Gasteiger partial charge in [0.05, 0.1) is 22.6 Å². The van der Waals surface area contributed by atoms with Gasteiger partial charge in [-0.05, 0) is 44.9 Å². The zero-order chi connectivity index (χ0) is 20.4. The second kappa shape index (κ2) is 8.53. The molecule has 1 fully saturated rings. The van der Waals surface area contributed by atoms with E-state index in [1.54, 1.807) is 27.7 Å². The number of carbonyl (C=O) groups is 2. The molecule has 2 aromatic rings. The highest BCUT2D eigenvalue weighted by Gasteiger charge is 2.27. The van der Waals surface area contributed by atoms with Crippen LogP contribution in [0.3, 0.4) is 0 Å². The van der Waals surface area contributed by atoms with Crippen LogP contribution in [-0.2, 0) is 9.59 Å². The molecule has 2 N–H and O–H groups in total. The molecule has 0 aliphatic carbocycles. The molecule has 3 rings (SSSR count). The largest absolute Gasteiger partial charge is 0.369 e. The summed E-state index contributed by atoms with van der Waals surface area (Å²) >= 11 is 7.26. The second-order valence-electron chi connectivity index (χ2n) is 7.19. The Bertz CT molecular complexity index is 976. The van der Waals surface area contributed by atoms with Crippen molar-refractivity contribution >= 4 is 46.1 Å². The molecule has 1 aliphatic rings. The Kier molecular flexibility index (Phi) is 6.30. The van der Waals surface area contributed by atoms with E-state index in [1.807, 2.05) is 13.8 Å². The zero-order valence-corrected chi connectivity index (χ0v) is 17.4. The third-order valence-electron chi connectivity index (χ3n) is 4.85. The molecule has 2 amide bonds. The number of carbonyl (C=O) groups excluding carboxylic acids is 2. The van der Waals surface area contributed by atoms with Crippen LogP contribution in [0.15, 0.2) is 28.2 Å². The van der Waals surface area contributed by atoms with Crippen molar-refractivity contribution in [3.05, 3.63) is 33.6 Å². The van der Waals surface area contributed by atoms with Gasteiger partial charge in [-0.15, -0.1) is 0 Å². The smallest absolute Gasteiger partial charge is 0.262 e. The Balaban J connectivity index is 1.83. The van der Waals surface area contributed by atoms with Gasteiger partial charge >= 0.3 is 0 Å². The lowest BCUT2D eigenvalue weighted by Gasteiger charge is -2.31. The first-order chi connectivity index (χ1) is 13.3. The summed E-state index contributed by atoms with van der Waals surface area (Å²) in [4.78, 5) is 43.2. The second-order valence-corrected chi connectivity index (χ2v) is 8.57. The quantitative estimate of drug-likeness (QED) is 0.589. The van der Waals surface area contributed by atoms with E-state index >= 15 is 0 Å². The van der Waals surface area contributed by atoms with E-state index in [4.69, 9.17) is 17.3 Å². The number of fused-ring (bicyclic) bond motifs is 1. The van der Waals surface area contributed by atoms with Crippen LogP contribution < -0.4 is 11.3 Å². The molecule has 1 aromatic heterocycles. The topological polar surface area (TPSA) is 98.3 Å². The number of benzene rings is 1. The Hall–Kier alpha value is -2.06. The maximum absolute atomic E-state index is 12.9. The molecule has 9 heteroatoms. The number of rotatable bonds is 5. The van der Waals surface area contributed by atoms with Gasteiger partial charge in [0, 0.05) is 24.2 Å². The van der Waals surface area contributed by atoms with Crippen LogP contribution in [0.2, 0.25) is 5.02 Å². The summed E-state index contributed by atoms with van der Waals surface area (Å²) in [5, 5.41) is 1.47. The molecular weight excluding hydrogens is 400 g/mol. The summed E-state index contributed by atoms with van der Waals surface area (Å²) in [7, 11) is 0. The fourth-order valence-electron chi connectivity index (χ4n) is 3.36. The van der Waals surface area contributed by atoms with Gasteiger partial charge in [0.1, 0.15) is 0 Å². The lowest BCUT2D eigenvalue weighted by molar-refractivity contribution is -0.132. The first-order valence-electron chi connectivity index (χ1n) is 9.19. The first-order valence-corrected chi connectivity index (χ1v) is 10.6. The number of halogens is 1. The number of primary amides is 1. The van der Waals surface area contributed by atoms with Gasteiger partial charge in [-0.3, -0.25) is 19.0 Å². The molecule has 0 spiro atoms. The van der Waals surface area contributed by atoms with Crippen molar-refractivity contribution in [2.45, 2.75) is 37.9 Å². The SMILES string of the molecule is CC(C)n1c(SCC(=O)N2CCC[C@@H](C(N)=O)C2)nc2cc(Cl)ccc2c1=O. The van der Waals surface area contributed by atoms with Crippen LogP contribution in [0.5, 0.6) is 0 Å². The predicted octanol–water partition coefficient (Wildman–Crippen LogP) is 2.45. The number of piperidine rings is 1. The summed E-state index contributed by atoms with van der Waals surface area (Å²) in [6.45, 7) is 4.77. The summed E-state index contributed by atoms with van der Waals surface area (Å²) in [6, 6.07) is 4.88. The Labute approximate surface area is 172 Å². The van der Waals surface area contributed by atoms with Gasteiger partial charge in [0.2, 0.25) is 11.8 Å². The molecule has 0 bridgehead atoms. The number of aromatic nitrogens is 2. The molecule has 1 saturated heterocycles. The fourth-order valence-corrected chi connectivity index (χ4v) is 4.56. The highest BCUT2D eigenvalue weighted by molar-refractivity contribution is 7.99.